The van der Waals surface area contributed by atoms with Gasteiger partial charge in [0.15, 0.2) is 0 Å². The highest BCUT2D eigenvalue weighted by atomic mass is 79.9. The molecule has 0 saturated carbocycles. The van der Waals surface area contributed by atoms with E-state index < -0.39 is 11.7 Å². The minimum absolute atomic E-state index is 0.0449. The molecule has 0 unspecified atom stereocenters. The third-order valence-corrected chi connectivity index (χ3v) is 4.08. The molecule has 0 aliphatic heterocycles. The van der Waals surface area contributed by atoms with Gasteiger partial charge in [0, 0.05) is 28.6 Å². The average molecular weight is 440 g/mol. The van der Waals surface area contributed by atoms with E-state index in [4.69, 9.17) is 4.52 Å². The summed E-state index contributed by atoms with van der Waals surface area (Å²) in [6.45, 7) is 0. The van der Waals surface area contributed by atoms with Crippen LogP contribution in [0.2, 0.25) is 0 Å². The molecule has 0 spiro atoms. The number of hydrogen-bond acceptors (Lipinski definition) is 4. The minimum Gasteiger partial charge on any atom is -0.339 e. The van der Waals surface area contributed by atoms with E-state index in [-0.39, 0.29) is 36.0 Å². The molecule has 140 valence electrons. The molecule has 0 radical (unpaired) electrons. The number of aromatic nitrogens is 2. The topological polar surface area (TPSA) is 68.0 Å². The molecule has 1 N–H and O–H groups in total. The van der Waals surface area contributed by atoms with Gasteiger partial charge in [-0.3, -0.25) is 4.79 Å². The van der Waals surface area contributed by atoms with Gasteiger partial charge in [-0.25, -0.2) is 0 Å². The zero-order chi connectivity index (χ0) is 19.4. The molecule has 1 aromatic heterocycles. The van der Waals surface area contributed by atoms with E-state index in [9.17, 15) is 18.0 Å². The number of aryl methyl sites for hydroxylation is 1. The third kappa shape index (κ3) is 5.16. The minimum atomic E-state index is -4.45. The highest BCUT2D eigenvalue weighted by molar-refractivity contribution is 9.10. The number of nitrogens with zero attached hydrogens (tertiary/aromatic N) is 2. The number of nitrogens with one attached hydrogen (secondary N) is 1. The zero-order valence-electron chi connectivity index (χ0n) is 13.8. The summed E-state index contributed by atoms with van der Waals surface area (Å²) < 4.78 is 44.2. The first-order chi connectivity index (χ1) is 12.8. The molecule has 2 aromatic carbocycles. The van der Waals surface area contributed by atoms with Crippen LogP contribution < -0.4 is 5.32 Å². The molecule has 3 rings (SSSR count). The van der Waals surface area contributed by atoms with Gasteiger partial charge in [-0.15, -0.1) is 0 Å². The Balaban J connectivity index is 1.62. The maximum absolute atomic E-state index is 12.8. The Morgan fingerprint density at radius 1 is 1.15 bits per heavy atom. The third-order valence-electron chi connectivity index (χ3n) is 3.59. The van der Waals surface area contributed by atoms with Crippen molar-refractivity contribution in [2.24, 2.45) is 0 Å². The summed E-state index contributed by atoms with van der Waals surface area (Å²) in [5.74, 6) is -0.0257. The van der Waals surface area contributed by atoms with Gasteiger partial charge in [-0.05, 0) is 30.3 Å². The second-order valence-electron chi connectivity index (χ2n) is 5.65. The van der Waals surface area contributed by atoms with E-state index in [1.54, 1.807) is 18.2 Å². The predicted molar refractivity (Wildman–Crippen MR) is 95.8 cm³/mol. The summed E-state index contributed by atoms with van der Waals surface area (Å²) in [7, 11) is 0. The summed E-state index contributed by atoms with van der Waals surface area (Å²) >= 11 is 3.31. The maximum Gasteiger partial charge on any atom is 0.416 e. The van der Waals surface area contributed by atoms with Crippen LogP contribution in [0.4, 0.5) is 18.9 Å². The van der Waals surface area contributed by atoms with E-state index in [1.165, 1.54) is 12.1 Å². The smallest absolute Gasteiger partial charge is 0.339 e. The first-order valence-electron chi connectivity index (χ1n) is 7.87. The number of amides is 1. The monoisotopic (exact) mass is 439 g/mol. The summed E-state index contributed by atoms with van der Waals surface area (Å²) in [6.07, 6.45) is -4.18. The molecule has 0 aliphatic carbocycles. The normalized spacial score (nSPS) is 11.4. The summed E-state index contributed by atoms with van der Waals surface area (Å²) in [6, 6.07) is 11.8. The number of benzene rings is 2. The molecule has 1 heterocycles. The molecular weight excluding hydrogens is 427 g/mol. The summed E-state index contributed by atoms with van der Waals surface area (Å²) in [5.41, 5.74) is 0.0442. The van der Waals surface area contributed by atoms with Crippen molar-refractivity contribution in [2.75, 3.05) is 5.32 Å². The fraction of sp³-hybridized carbons (Fsp3) is 0.167. The van der Waals surface area contributed by atoms with E-state index in [0.717, 1.165) is 16.6 Å². The first-order valence-corrected chi connectivity index (χ1v) is 8.66. The van der Waals surface area contributed by atoms with Crippen LogP contribution in [0.5, 0.6) is 0 Å². The van der Waals surface area contributed by atoms with Crippen LogP contribution in [-0.2, 0) is 17.4 Å². The number of carbonyl (C=O) groups is 1. The van der Waals surface area contributed by atoms with E-state index in [1.807, 2.05) is 6.07 Å². The number of carbonyl (C=O) groups excluding carboxylic acids is 1. The number of halogens is 4. The summed E-state index contributed by atoms with van der Waals surface area (Å²) in [5, 5.41) is 6.42. The second-order valence-corrected chi connectivity index (χ2v) is 6.56. The number of hydrogen-bond donors (Lipinski definition) is 1. The van der Waals surface area contributed by atoms with Crippen molar-refractivity contribution < 1.29 is 22.5 Å². The molecular formula is C18H13BrF3N3O2. The van der Waals surface area contributed by atoms with Crippen molar-refractivity contribution in [1.82, 2.24) is 10.1 Å². The highest BCUT2D eigenvalue weighted by Gasteiger charge is 2.30. The zero-order valence-corrected chi connectivity index (χ0v) is 15.3. The Hall–Kier alpha value is -2.68. The number of alkyl halides is 3. The number of rotatable bonds is 5. The van der Waals surface area contributed by atoms with Crippen molar-refractivity contribution in [3.8, 4) is 11.4 Å². The van der Waals surface area contributed by atoms with Gasteiger partial charge >= 0.3 is 6.18 Å². The Morgan fingerprint density at radius 2 is 1.93 bits per heavy atom. The quantitative estimate of drug-likeness (QED) is 0.601. The molecule has 0 fully saturated rings. The Bertz CT molecular complexity index is 957. The SMILES string of the molecule is O=C(CCc1nc(-c2cccc(C(F)(F)F)c2)no1)Nc1cccc(Br)c1. The van der Waals surface area contributed by atoms with Crippen molar-refractivity contribution in [1.29, 1.82) is 0 Å². The van der Waals surface area contributed by atoms with Gasteiger partial charge in [-0.1, -0.05) is 39.3 Å². The molecule has 0 aliphatic rings. The molecule has 0 bridgehead atoms. The van der Waals surface area contributed by atoms with Crippen LogP contribution in [0.15, 0.2) is 57.5 Å². The molecule has 0 atom stereocenters. The molecule has 1 amide bonds. The van der Waals surface area contributed by atoms with Crippen LogP contribution in [0.25, 0.3) is 11.4 Å². The lowest BCUT2D eigenvalue weighted by atomic mass is 10.1. The van der Waals surface area contributed by atoms with Crippen LogP contribution in [0.3, 0.4) is 0 Å². The Kier molecular flexibility index (Phi) is 5.59. The van der Waals surface area contributed by atoms with Crippen LogP contribution in [0.1, 0.15) is 17.9 Å². The van der Waals surface area contributed by atoms with Gasteiger partial charge in [0.1, 0.15) is 0 Å². The largest absolute Gasteiger partial charge is 0.416 e. The lowest BCUT2D eigenvalue weighted by Crippen LogP contribution is -2.12. The average Bonchev–Trinajstić information content (AvgIpc) is 3.08. The lowest BCUT2D eigenvalue weighted by Gasteiger charge is -2.06. The first kappa shape index (κ1) is 19.1. The van der Waals surface area contributed by atoms with Gasteiger partial charge in [0.05, 0.1) is 5.56 Å². The van der Waals surface area contributed by atoms with Crippen LogP contribution in [-0.4, -0.2) is 16.0 Å². The van der Waals surface area contributed by atoms with Gasteiger partial charge in [0.25, 0.3) is 0 Å². The van der Waals surface area contributed by atoms with E-state index >= 15 is 0 Å². The maximum atomic E-state index is 12.8. The van der Waals surface area contributed by atoms with Gasteiger partial charge < -0.3 is 9.84 Å². The second kappa shape index (κ2) is 7.91. The van der Waals surface area contributed by atoms with Crippen molar-refractivity contribution in [2.45, 2.75) is 19.0 Å². The van der Waals surface area contributed by atoms with E-state index in [0.29, 0.717) is 5.69 Å². The molecule has 5 nitrogen and oxygen atoms in total. The van der Waals surface area contributed by atoms with Gasteiger partial charge in [0.2, 0.25) is 17.6 Å². The Labute approximate surface area is 160 Å². The molecule has 27 heavy (non-hydrogen) atoms. The Morgan fingerprint density at radius 3 is 2.67 bits per heavy atom. The van der Waals surface area contributed by atoms with Crippen molar-refractivity contribution >= 4 is 27.5 Å². The lowest BCUT2D eigenvalue weighted by molar-refractivity contribution is -0.137. The van der Waals surface area contributed by atoms with Gasteiger partial charge in [-0.2, -0.15) is 18.2 Å². The van der Waals surface area contributed by atoms with Crippen molar-refractivity contribution in [3.05, 3.63) is 64.5 Å². The molecule has 0 saturated heterocycles. The van der Waals surface area contributed by atoms with Crippen LogP contribution in [0, 0.1) is 0 Å². The molecule has 9 heteroatoms. The standard InChI is InChI=1S/C18H13BrF3N3O2/c19-13-5-2-6-14(10-13)23-15(26)7-8-16-24-17(25-27-16)11-3-1-4-12(9-11)18(20,21)22/h1-6,9-10H,7-8H2,(H,23,26). The predicted octanol–water partition coefficient (Wildman–Crippen LogP) is 5.09. The molecule has 3 aromatic rings. The highest BCUT2D eigenvalue weighted by Crippen LogP contribution is 2.31. The fourth-order valence-electron chi connectivity index (χ4n) is 2.32. The van der Waals surface area contributed by atoms with Crippen molar-refractivity contribution in [3.63, 3.8) is 0 Å². The van der Waals surface area contributed by atoms with E-state index in [2.05, 4.69) is 31.4 Å². The fourth-order valence-corrected chi connectivity index (χ4v) is 2.72. The number of anilines is 1. The van der Waals surface area contributed by atoms with Crippen LogP contribution >= 0.6 is 15.9 Å². The summed E-state index contributed by atoms with van der Waals surface area (Å²) in [4.78, 5) is 16.1.